The summed E-state index contributed by atoms with van der Waals surface area (Å²) in [6, 6.07) is 0. The van der Waals surface area contributed by atoms with E-state index in [2.05, 4.69) is 0 Å². The summed E-state index contributed by atoms with van der Waals surface area (Å²) < 4.78 is 41.4. The van der Waals surface area contributed by atoms with Crippen LogP contribution in [0.25, 0.3) is 0 Å². The second kappa shape index (κ2) is 14.8. The zero-order valence-electron chi connectivity index (χ0n) is 30.2. The molecule has 10 atom stereocenters. The molecule has 0 bridgehead atoms. The first-order chi connectivity index (χ1) is 23.2. The summed E-state index contributed by atoms with van der Waals surface area (Å²) in [6.07, 6.45) is -2.22. The van der Waals surface area contributed by atoms with Gasteiger partial charge in [0, 0.05) is 46.0 Å². The zero-order valence-corrected chi connectivity index (χ0v) is 30.2. The molecule has 4 rings (SSSR count). The lowest BCUT2D eigenvalue weighted by Gasteiger charge is -2.57. The van der Waals surface area contributed by atoms with Crippen molar-refractivity contribution < 1.29 is 67.0 Å². The van der Waals surface area contributed by atoms with E-state index in [0.717, 1.165) is 6.92 Å². The molecule has 14 nitrogen and oxygen atoms in total. The van der Waals surface area contributed by atoms with Crippen LogP contribution in [-0.2, 0) is 61.9 Å². The van der Waals surface area contributed by atoms with Crippen molar-refractivity contribution in [2.24, 2.45) is 29.1 Å². The summed E-state index contributed by atoms with van der Waals surface area (Å²) in [5.74, 6) is -6.78. The molecule has 2 aliphatic carbocycles. The lowest BCUT2D eigenvalue weighted by Crippen LogP contribution is -2.72. The van der Waals surface area contributed by atoms with Gasteiger partial charge in [-0.25, -0.2) is 0 Å². The Morgan fingerprint density at radius 1 is 0.900 bits per heavy atom. The SMILES string of the molecule is CC(=O)OCC1=C[C@@H]2OC(=O)[C@H](C)[C@]2(O)[C@@H](OC(C)=O)[C@H]2[C@@]3(CO3)[C@H](OC(=O)CC(C)C)C[C@H](OC(=O)CC(C)C)[C@]2(C)[C@@H](OC(C)=O)C=C1. The summed E-state index contributed by atoms with van der Waals surface area (Å²) in [7, 11) is 0. The fraction of sp³-hybridized carbons (Fsp3) is 0.722. The molecule has 4 aliphatic rings. The van der Waals surface area contributed by atoms with Gasteiger partial charge in [0.25, 0.3) is 0 Å². The van der Waals surface area contributed by atoms with Crippen LogP contribution in [0.2, 0.25) is 0 Å². The number of fused-ring (bicyclic) bond motifs is 3. The van der Waals surface area contributed by atoms with Gasteiger partial charge in [-0.05, 0) is 36.5 Å². The number of hydrogen-bond acceptors (Lipinski definition) is 14. The summed E-state index contributed by atoms with van der Waals surface area (Å²) >= 11 is 0. The number of carbonyl (C=O) groups excluding carboxylic acids is 6. The summed E-state index contributed by atoms with van der Waals surface area (Å²) in [4.78, 5) is 77.6. The van der Waals surface area contributed by atoms with E-state index in [1.165, 1.54) is 39.0 Å². The number of aliphatic hydroxyl groups is 1. The van der Waals surface area contributed by atoms with Crippen LogP contribution in [-0.4, -0.2) is 95.9 Å². The van der Waals surface area contributed by atoms with Crippen molar-refractivity contribution in [2.75, 3.05) is 13.2 Å². The second-order valence-corrected chi connectivity index (χ2v) is 14.9. The van der Waals surface area contributed by atoms with Crippen LogP contribution in [0.5, 0.6) is 0 Å². The minimum absolute atomic E-state index is 0.0266. The molecule has 1 spiro atoms. The first-order valence-corrected chi connectivity index (χ1v) is 17.1. The Bertz CT molecular complexity index is 1430. The van der Waals surface area contributed by atoms with Gasteiger partial charge in [0.05, 0.1) is 17.9 Å². The van der Waals surface area contributed by atoms with Gasteiger partial charge in [0.2, 0.25) is 0 Å². The van der Waals surface area contributed by atoms with Crippen molar-refractivity contribution in [1.29, 1.82) is 0 Å². The summed E-state index contributed by atoms with van der Waals surface area (Å²) in [6.45, 7) is 13.6. The van der Waals surface area contributed by atoms with Crippen LogP contribution in [0.15, 0.2) is 23.8 Å². The highest BCUT2D eigenvalue weighted by Gasteiger charge is 2.78. The Labute approximate surface area is 292 Å². The maximum atomic E-state index is 13.5. The van der Waals surface area contributed by atoms with Gasteiger partial charge in [-0.3, -0.25) is 28.8 Å². The predicted molar refractivity (Wildman–Crippen MR) is 173 cm³/mol. The highest BCUT2D eigenvalue weighted by Crippen LogP contribution is 2.62. The molecule has 0 radical (unpaired) electrons. The third kappa shape index (κ3) is 7.75. The molecule has 3 fully saturated rings. The Morgan fingerprint density at radius 2 is 1.46 bits per heavy atom. The minimum atomic E-state index is -2.31. The van der Waals surface area contributed by atoms with Crippen molar-refractivity contribution in [3.05, 3.63) is 23.8 Å². The van der Waals surface area contributed by atoms with E-state index < -0.39 is 94.8 Å². The summed E-state index contributed by atoms with van der Waals surface area (Å²) in [5, 5.41) is 12.9. The molecule has 2 aliphatic heterocycles. The lowest BCUT2D eigenvalue weighted by molar-refractivity contribution is -0.253. The molecule has 0 aromatic rings. The molecule has 14 heteroatoms. The van der Waals surface area contributed by atoms with Crippen LogP contribution in [0, 0.1) is 29.1 Å². The maximum absolute atomic E-state index is 13.5. The first kappa shape index (κ1) is 39.0. The molecule has 1 N–H and O–H groups in total. The van der Waals surface area contributed by atoms with Crippen LogP contribution in [0.3, 0.4) is 0 Å². The van der Waals surface area contributed by atoms with E-state index in [-0.39, 0.29) is 49.9 Å². The highest BCUT2D eigenvalue weighted by molar-refractivity contribution is 5.78. The molecule has 2 saturated heterocycles. The molecule has 0 aromatic carbocycles. The molecule has 0 aromatic heterocycles. The first-order valence-electron chi connectivity index (χ1n) is 17.1. The molecule has 50 heavy (non-hydrogen) atoms. The van der Waals surface area contributed by atoms with Gasteiger partial charge in [-0.15, -0.1) is 0 Å². The molecule has 278 valence electrons. The fourth-order valence-corrected chi connectivity index (χ4v) is 7.60. The average molecular weight is 707 g/mol. The standard InChI is InChI=1S/C36H50O14/c1-18(2)12-29(40)48-26-15-27(49-30(41)13-19(3)4)35(17-45-35)31-32(47-23(8)39)36(43)20(5)33(42)50-28(36)14-24(16-44-21(6)37)10-11-25(34(26,31)9)46-22(7)38/h10-11,14,18-20,25-28,31-32,43H,12-13,15-17H2,1-9H3/t20-,25-,26-,27+,28-,31+,32-,34-,35+,36+/m0/s1. The van der Waals surface area contributed by atoms with E-state index in [0.29, 0.717) is 0 Å². The van der Waals surface area contributed by atoms with E-state index in [1.807, 2.05) is 27.7 Å². The van der Waals surface area contributed by atoms with Gasteiger partial charge in [-0.1, -0.05) is 40.7 Å². The number of hydrogen-bond donors (Lipinski definition) is 1. The van der Waals surface area contributed by atoms with Crippen molar-refractivity contribution in [1.82, 2.24) is 0 Å². The largest absolute Gasteiger partial charge is 0.461 e. The van der Waals surface area contributed by atoms with Gasteiger partial charge in [0.15, 0.2) is 11.7 Å². The Morgan fingerprint density at radius 3 is 1.96 bits per heavy atom. The molecule has 1 saturated carbocycles. The zero-order chi connectivity index (χ0) is 37.3. The Balaban J connectivity index is 2.06. The second-order valence-electron chi connectivity index (χ2n) is 14.9. The van der Waals surface area contributed by atoms with E-state index in [9.17, 15) is 33.9 Å². The molecule has 0 unspecified atom stereocenters. The Hall–Kier alpha value is -3.78. The minimum Gasteiger partial charge on any atom is -0.461 e. The van der Waals surface area contributed by atoms with E-state index >= 15 is 0 Å². The number of epoxide rings is 1. The molecule has 0 amide bonds. The predicted octanol–water partition coefficient (Wildman–Crippen LogP) is 2.91. The van der Waals surface area contributed by atoms with Crippen molar-refractivity contribution in [2.45, 2.75) is 123 Å². The topological polar surface area (TPSA) is 191 Å². The fourth-order valence-electron chi connectivity index (χ4n) is 7.60. The summed E-state index contributed by atoms with van der Waals surface area (Å²) in [5.41, 5.74) is -5.09. The van der Waals surface area contributed by atoms with Gasteiger partial charge < -0.3 is 38.3 Å². The van der Waals surface area contributed by atoms with Gasteiger partial charge in [-0.2, -0.15) is 0 Å². The monoisotopic (exact) mass is 706 g/mol. The smallest absolute Gasteiger partial charge is 0.312 e. The van der Waals surface area contributed by atoms with Gasteiger partial charge >= 0.3 is 35.8 Å². The normalized spacial score (nSPS) is 36.0. The van der Waals surface area contributed by atoms with E-state index in [1.54, 1.807) is 6.92 Å². The van der Waals surface area contributed by atoms with Crippen molar-refractivity contribution >= 4 is 35.8 Å². The number of esters is 6. The maximum Gasteiger partial charge on any atom is 0.312 e. The Kier molecular flexibility index (Phi) is 11.6. The van der Waals surface area contributed by atoms with Crippen LogP contribution >= 0.6 is 0 Å². The van der Waals surface area contributed by atoms with E-state index in [4.69, 9.17) is 33.2 Å². The van der Waals surface area contributed by atoms with Crippen molar-refractivity contribution in [3.8, 4) is 0 Å². The van der Waals surface area contributed by atoms with Crippen molar-refractivity contribution in [3.63, 3.8) is 0 Å². The molecule has 2 heterocycles. The number of carbonyl (C=O) groups is 6. The number of ether oxygens (including phenoxy) is 7. The molecular weight excluding hydrogens is 656 g/mol. The molecular formula is C36H50O14. The van der Waals surface area contributed by atoms with Crippen LogP contribution in [0.1, 0.15) is 81.6 Å². The van der Waals surface area contributed by atoms with Gasteiger partial charge in [0.1, 0.15) is 36.6 Å². The lowest BCUT2D eigenvalue weighted by atomic mass is 9.52. The third-order valence-electron chi connectivity index (χ3n) is 10.0. The number of rotatable bonds is 10. The third-order valence-corrected chi connectivity index (χ3v) is 10.0. The van der Waals surface area contributed by atoms with Crippen LogP contribution < -0.4 is 0 Å². The van der Waals surface area contributed by atoms with Crippen LogP contribution in [0.4, 0.5) is 0 Å². The average Bonchev–Trinajstić information content (AvgIpc) is 3.73. The highest BCUT2D eigenvalue weighted by atomic mass is 16.6. The quantitative estimate of drug-likeness (QED) is 0.198.